The monoisotopic (exact) mass is 455 g/mol. The first-order chi connectivity index (χ1) is 16.0. The molecule has 0 aliphatic heterocycles. The van der Waals surface area contributed by atoms with Crippen molar-refractivity contribution >= 4 is 11.6 Å². The van der Waals surface area contributed by atoms with Gasteiger partial charge in [-0.15, -0.1) is 0 Å². The molecule has 33 heavy (non-hydrogen) atoms. The summed E-state index contributed by atoms with van der Waals surface area (Å²) in [6, 6.07) is 19.9. The van der Waals surface area contributed by atoms with Crippen LogP contribution in [0.5, 0.6) is 0 Å². The summed E-state index contributed by atoms with van der Waals surface area (Å²) in [5.74, 6) is 0. The second kappa shape index (κ2) is 9.54. The van der Waals surface area contributed by atoms with E-state index in [0.717, 1.165) is 16.8 Å². The van der Waals surface area contributed by atoms with Gasteiger partial charge in [0.1, 0.15) is 17.7 Å². The van der Waals surface area contributed by atoms with Crippen LogP contribution in [-0.2, 0) is 18.4 Å². The molecule has 0 spiro atoms. The lowest BCUT2D eigenvalue weighted by molar-refractivity contribution is 0.0603. The summed E-state index contributed by atoms with van der Waals surface area (Å²) in [7, 11) is 1.86. The number of aromatic nitrogens is 3. The average Bonchev–Trinajstić information content (AvgIpc) is 3.25. The molecule has 0 aliphatic carbocycles. The smallest absolute Gasteiger partial charge is 0.266 e. The number of rotatable bonds is 6. The topological polar surface area (TPSA) is 107 Å². The number of nitrogens with zero attached hydrogens (tertiary/aromatic N) is 4. The minimum absolute atomic E-state index is 0.00371. The van der Waals surface area contributed by atoms with Gasteiger partial charge in [-0.3, -0.25) is 4.79 Å². The normalized spacial score (nSPS) is 11.5. The van der Waals surface area contributed by atoms with Crippen LogP contribution >= 0.6 is 11.6 Å². The van der Waals surface area contributed by atoms with E-state index in [0.29, 0.717) is 21.8 Å². The van der Waals surface area contributed by atoms with Crippen LogP contribution in [0, 0.1) is 22.7 Å². The van der Waals surface area contributed by atoms with Crippen LogP contribution in [-0.4, -0.2) is 14.5 Å². The fraction of sp³-hybridized carbons (Fsp3) is 0.120. The van der Waals surface area contributed by atoms with Gasteiger partial charge < -0.3 is 14.3 Å². The number of nitrogens with one attached hydrogen (secondary N) is 1. The van der Waals surface area contributed by atoms with E-state index in [9.17, 15) is 10.1 Å². The predicted molar refractivity (Wildman–Crippen MR) is 123 cm³/mol. The summed E-state index contributed by atoms with van der Waals surface area (Å²) in [5, 5.41) is 19.0. The van der Waals surface area contributed by atoms with Crippen LogP contribution in [0.3, 0.4) is 0 Å². The van der Waals surface area contributed by atoms with Crippen molar-refractivity contribution in [3.63, 3.8) is 0 Å². The van der Waals surface area contributed by atoms with E-state index in [4.69, 9.17) is 21.6 Å². The van der Waals surface area contributed by atoms with Gasteiger partial charge in [-0.25, -0.2) is 4.98 Å². The fourth-order valence-electron chi connectivity index (χ4n) is 3.55. The van der Waals surface area contributed by atoms with Gasteiger partial charge >= 0.3 is 0 Å². The lowest BCUT2D eigenvalue weighted by atomic mass is 10.0. The predicted octanol–water partition coefficient (Wildman–Crippen LogP) is 4.48. The van der Waals surface area contributed by atoms with Crippen molar-refractivity contribution in [1.29, 1.82) is 10.5 Å². The molecule has 0 fully saturated rings. The van der Waals surface area contributed by atoms with Gasteiger partial charge in [0.2, 0.25) is 0 Å². The highest BCUT2D eigenvalue weighted by Crippen LogP contribution is 2.30. The summed E-state index contributed by atoms with van der Waals surface area (Å²) in [5.41, 5.74) is 3.62. The molecule has 0 amide bonds. The van der Waals surface area contributed by atoms with Crippen LogP contribution in [0.1, 0.15) is 34.2 Å². The number of H-pyrrole nitrogens is 1. The molecule has 2 heterocycles. The van der Waals surface area contributed by atoms with Gasteiger partial charge in [-0.05, 0) is 41.5 Å². The number of imidazole rings is 1. The lowest BCUT2D eigenvalue weighted by Crippen LogP contribution is -2.16. The first-order valence-electron chi connectivity index (χ1n) is 10.00. The van der Waals surface area contributed by atoms with Crippen molar-refractivity contribution in [3.8, 4) is 23.3 Å². The number of aromatic amines is 1. The molecule has 1 atom stereocenters. The van der Waals surface area contributed by atoms with E-state index in [1.807, 2.05) is 35.9 Å². The van der Waals surface area contributed by atoms with E-state index in [1.54, 1.807) is 48.9 Å². The molecule has 4 aromatic rings. The Morgan fingerprint density at radius 3 is 2.58 bits per heavy atom. The van der Waals surface area contributed by atoms with E-state index in [2.05, 4.69) is 16.0 Å². The van der Waals surface area contributed by atoms with Crippen molar-refractivity contribution in [1.82, 2.24) is 14.5 Å². The molecule has 7 nitrogen and oxygen atoms in total. The van der Waals surface area contributed by atoms with E-state index in [-0.39, 0.29) is 12.2 Å². The van der Waals surface area contributed by atoms with Gasteiger partial charge in [-0.1, -0.05) is 35.9 Å². The Balaban J connectivity index is 1.74. The van der Waals surface area contributed by atoms with E-state index >= 15 is 0 Å². The number of nitriles is 2. The molecule has 0 saturated heterocycles. The molecule has 162 valence electrons. The molecular weight excluding hydrogens is 438 g/mol. The number of halogens is 1. The Bertz CT molecular complexity index is 1440. The van der Waals surface area contributed by atoms with E-state index in [1.165, 1.54) is 0 Å². The van der Waals surface area contributed by atoms with Gasteiger partial charge in [0, 0.05) is 17.6 Å². The van der Waals surface area contributed by atoms with Crippen molar-refractivity contribution in [2.45, 2.75) is 12.7 Å². The molecule has 0 radical (unpaired) electrons. The van der Waals surface area contributed by atoms with Gasteiger partial charge in [0.15, 0.2) is 0 Å². The highest BCUT2D eigenvalue weighted by molar-refractivity contribution is 6.30. The SMILES string of the molecule is Cn1cncc1C(OCc1[nH]c(=O)c(C#N)cc1-c1cccc(Cl)c1)c1ccc(C#N)cc1. The molecule has 0 saturated carbocycles. The fourth-order valence-corrected chi connectivity index (χ4v) is 3.74. The van der Waals surface area contributed by atoms with Crippen LogP contribution < -0.4 is 5.56 Å². The summed E-state index contributed by atoms with van der Waals surface area (Å²) in [4.78, 5) is 19.4. The molecule has 2 aromatic carbocycles. The maximum absolute atomic E-state index is 12.4. The molecule has 4 rings (SSSR count). The summed E-state index contributed by atoms with van der Waals surface area (Å²) < 4.78 is 8.15. The molecule has 0 aliphatic rings. The molecule has 0 bridgehead atoms. The third-order valence-corrected chi connectivity index (χ3v) is 5.47. The van der Waals surface area contributed by atoms with Gasteiger partial charge in [0.05, 0.1) is 42.2 Å². The van der Waals surface area contributed by atoms with Crippen LogP contribution in [0.4, 0.5) is 0 Å². The Morgan fingerprint density at radius 2 is 1.94 bits per heavy atom. The second-order valence-corrected chi connectivity index (χ2v) is 7.82. The minimum atomic E-state index is -0.503. The van der Waals surface area contributed by atoms with Crippen molar-refractivity contribution in [3.05, 3.63) is 111 Å². The van der Waals surface area contributed by atoms with Crippen molar-refractivity contribution in [2.24, 2.45) is 7.05 Å². The highest BCUT2D eigenvalue weighted by Gasteiger charge is 2.20. The minimum Gasteiger partial charge on any atom is -0.361 e. The van der Waals surface area contributed by atoms with Crippen molar-refractivity contribution < 1.29 is 4.74 Å². The highest BCUT2D eigenvalue weighted by atomic mass is 35.5. The largest absolute Gasteiger partial charge is 0.361 e. The maximum Gasteiger partial charge on any atom is 0.266 e. The third-order valence-electron chi connectivity index (χ3n) is 5.24. The molecular formula is C25H18ClN5O2. The van der Waals surface area contributed by atoms with E-state index < -0.39 is 11.7 Å². The second-order valence-electron chi connectivity index (χ2n) is 7.38. The van der Waals surface area contributed by atoms with Crippen LogP contribution in [0.2, 0.25) is 5.02 Å². The van der Waals surface area contributed by atoms with Crippen molar-refractivity contribution in [2.75, 3.05) is 0 Å². The summed E-state index contributed by atoms with van der Waals surface area (Å²) in [6.07, 6.45) is 2.88. The lowest BCUT2D eigenvalue weighted by Gasteiger charge is -2.20. The molecule has 8 heteroatoms. The average molecular weight is 456 g/mol. The molecule has 1 unspecified atom stereocenters. The Kier molecular flexibility index (Phi) is 6.37. The number of hydrogen-bond acceptors (Lipinski definition) is 5. The number of benzene rings is 2. The molecule has 1 N–H and O–H groups in total. The standard InChI is InChI=1S/C25H18ClN5O2/c1-31-15-29-13-23(31)24(17-7-5-16(11-27)6-8-17)33-14-22-21(10-19(12-28)25(32)30-22)18-3-2-4-20(26)9-18/h2-10,13,15,24H,14H2,1H3,(H,30,32). The zero-order valence-electron chi connectivity index (χ0n) is 17.6. The van der Waals surface area contributed by atoms with Gasteiger partial charge in [-0.2, -0.15) is 10.5 Å². The maximum atomic E-state index is 12.4. The number of ether oxygens (including phenoxy) is 1. The Labute approximate surface area is 195 Å². The molecule has 2 aromatic heterocycles. The quantitative estimate of drug-likeness (QED) is 0.461. The first-order valence-corrected chi connectivity index (χ1v) is 10.4. The number of aryl methyl sites for hydroxylation is 1. The zero-order valence-corrected chi connectivity index (χ0v) is 18.4. The van der Waals surface area contributed by atoms with Crippen LogP contribution in [0.25, 0.3) is 11.1 Å². The van der Waals surface area contributed by atoms with Crippen LogP contribution in [0.15, 0.2) is 71.9 Å². The number of pyridine rings is 1. The third kappa shape index (κ3) is 4.70. The van der Waals surface area contributed by atoms with Gasteiger partial charge in [0.25, 0.3) is 5.56 Å². The number of hydrogen-bond donors (Lipinski definition) is 1. The Morgan fingerprint density at radius 1 is 1.15 bits per heavy atom. The first kappa shape index (κ1) is 22.0. The Hall–Kier alpha value is -4.17. The zero-order chi connectivity index (χ0) is 23.4. The summed E-state index contributed by atoms with van der Waals surface area (Å²) >= 11 is 6.17. The summed E-state index contributed by atoms with van der Waals surface area (Å²) in [6.45, 7) is 0.0542.